The van der Waals surface area contributed by atoms with Gasteiger partial charge in [-0.15, -0.1) is 0 Å². The average Bonchev–Trinajstić information content (AvgIpc) is 2.66. The first-order valence-corrected chi connectivity index (χ1v) is 7.99. The summed E-state index contributed by atoms with van der Waals surface area (Å²) in [5.74, 6) is 0. The maximum Gasteiger partial charge on any atom is 0.416 e. The normalized spacial score (nSPS) is 11.7. The summed E-state index contributed by atoms with van der Waals surface area (Å²) in [5, 5.41) is 3.75. The van der Waals surface area contributed by atoms with E-state index in [9.17, 15) is 13.2 Å². The molecule has 26 heavy (non-hydrogen) atoms. The Morgan fingerprint density at radius 2 is 1.50 bits per heavy atom. The Balaban J connectivity index is 1.57. The molecule has 0 bridgehead atoms. The Morgan fingerprint density at radius 1 is 0.808 bits per heavy atom. The highest BCUT2D eigenvalue weighted by atomic mass is 19.4. The minimum atomic E-state index is -4.37. The lowest BCUT2D eigenvalue weighted by atomic mass is 10.0. The highest BCUT2D eigenvalue weighted by molar-refractivity contribution is 5.79. The van der Waals surface area contributed by atoms with Crippen LogP contribution in [0.5, 0.6) is 0 Å². The molecule has 0 N–H and O–H groups in total. The van der Waals surface area contributed by atoms with Crippen LogP contribution in [0.3, 0.4) is 0 Å². The number of rotatable bonds is 5. The van der Waals surface area contributed by atoms with Crippen molar-refractivity contribution in [3.05, 3.63) is 95.6 Å². The van der Waals surface area contributed by atoms with Crippen LogP contribution in [0.1, 0.15) is 16.7 Å². The molecule has 0 unspecified atom stereocenters. The summed E-state index contributed by atoms with van der Waals surface area (Å²) in [6.07, 6.45) is -3.10. The fourth-order valence-electron chi connectivity index (χ4n) is 2.43. The predicted molar refractivity (Wildman–Crippen MR) is 95.7 cm³/mol. The Bertz CT molecular complexity index is 872. The van der Waals surface area contributed by atoms with Crippen LogP contribution in [0.2, 0.25) is 0 Å². The van der Waals surface area contributed by atoms with E-state index in [1.54, 1.807) is 0 Å². The van der Waals surface area contributed by atoms with E-state index < -0.39 is 11.7 Å². The van der Waals surface area contributed by atoms with Crippen LogP contribution < -0.4 is 0 Å². The number of alkyl halides is 3. The molecular formula is C21H16F3NO. The van der Waals surface area contributed by atoms with Crippen molar-refractivity contribution in [1.82, 2.24) is 0 Å². The van der Waals surface area contributed by atoms with Gasteiger partial charge >= 0.3 is 6.18 Å². The van der Waals surface area contributed by atoms with Gasteiger partial charge in [0, 0.05) is 0 Å². The summed E-state index contributed by atoms with van der Waals surface area (Å²) in [6, 6.07) is 22.8. The summed E-state index contributed by atoms with van der Waals surface area (Å²) in [4.78, 5) is 5.18. The lowest BCUT2D eigenvalue weighted by molar-refractivity contribution is -0.137. The molecule has 0 radical (unpaired) electrons. The highest BCUT2D eigenvalue weighted by Gasteiger charge is 2.30. The number of nitrogens with zero attached hydrogens (tertiary/aromatic N) is 1. The van der Waals surface area contributed by atoms with Gasteiger partial charge in [-0.2, -0.15) is 13.2 Å². The van der Waals surface area contributed by atoms with Crippen LogP contribution in [-0.4, -0.2) is 6.21 Å². The summed E-state index contributed by atoms with van der Waals surface area (Å²) in [6.45, 7) is 0.241. The molecule has 0 amide bonds. The first-order chi connectivity index (χ1) is 12.5. The molecule has 3 aromatic rings. The Labute approximate surface area is 149 Å². The molecule has 3 aromatic carbocycles. The van der Waals surface area contributed by atoms with Crippen LogP contribution in [0, 0.1) is 0 Å². The van der Waals surface area contributed by atoms with E-state index in [0.29, 0.717) is 5.56 Å². The zero-order chi connectivity index (χ0) is 18.4. The third kappa shape index (κ3) is 4.72. The average molecular weight is 355 g/mol. The second-order valence-electron chi connectivity index (χ2n) is 5.69. The van der Waals surface area contributed by atoms with Crippen molar-refractivity contribution in [2.45, 2.75) is 12.8 Å². The third-order valence-electron chi connectivity index (χ3n) is 3.78. The quantitative estimate of drug-likeness (QED) is 0.411. The maximum absolute atomic E-state index is 12.7. The van der Waals surface area contributed by atoms with E-state index in [0.717, 1.165) is 28.8 Å². The molecule has 0 aromatic heterocycles. The number of halogens is 3. The van der Waals surface area contributed by atoms with Crippen LogP contribution in [0.25, 0.3) is 11.1 Å². The van der Waals surface area contributed by atoms with Crippen molar-refractivity contribution in [2.24, 2.45) is 5.16 Å². The van der Waals surface area contributed by atoms with Gasteiger partial charge in [0.2, 0.25) is 0 Å². The van der Waals surface area contributed by atoms with Crippen LogP contribution in [-0.2, 0) is 17.6 Å². The largest absolute Gasteiger partial charge is 0.416 e. The summed E-state index contributed by atoms with van der Waals surface area (Å²) in [5.41, 5.74) is 2.77. The van der Waals surface area contributed by atoms with E-state index in [4.69, 9.17) is 4.84 Å². The van der Waals surface area contributed by atoms with Gasteiger partial charge in [-0.25, -0.2) is 0 Å². The summed E-state index contributed by atoms with van der Waals surface area (Å²) >= 11 is 0. The van der Waals surface area contributed by atoms with Crippen molar-refractivity contribution in [3.63, 3.8) is 0 Å². The molecule has 0 aliphatic heterocycles. The second-order valence-corrected chi connectivity index (χ2v) is 5.69. The minimum absolute atomic E-state index is 0.241. The fourth-order valence-corrected chi connectivity index (χ4v) is 2.43. The monoisotopic (exact) mass is 355 g/mol. The molecule has 3 rings (SSSR count). The Morgan fingerprint density at radius 3 is 2.19 bits per heavy atom. The molecule has 0 atom stereocenters. The van der Waals surface area contributed by atoms with Crippen LogP contribution in [0.15, 0.2) is 84.0 Å². The predicted octanol–water partition coefficient (Wildman–Crippen LogP) is 5.92. The van der Waals surface area contributed by atoms with E-state index >= 15 is 0 Å². The summed E-state index contributed by atoms with van der Waals surface area (Å²) < 4.78 is 38.0. The van der Waals surface area contributed by atoms with E-state index in [1.165, 1.54) is 18.3 Å². The van der Waals surface area contributed by atoms with Crippen molar-refractivity contribution in [1.29, 1.82) is 0 Å². The van der Waals surface area contributed by atoms with Gasteiger partial charge in [-0.1, -0.05) is 71.9 Å². The minimum Gasteiger partial charge on any atom is -0.391 e. The second kappa shape index (κ2) is 7.87. The van der Waals surface area contributed by atoms with Crippen LogP contribution in [0.4, 0.5) is 13.2 Å². The maximum atomic E-state index is 12.7. The lowest BCUT2D eigenvalue weighted by Crippen LogP contribution is -2.05. The van der Waals surface area contributed by atoms with Crippen molar-refractivity contribution in [2.75, 3.05) is 0 Å². The van der Waals surface area contributed by atoms with Crippen molar-refractivity contribution < 1.29 is 18.0 Å². The molecule has 132 valence electrons. The zero-order valence-corrected chi connectivity index (χ0v) is 13.8. The van der Waals surface area contributed by atoms with E-state index in [-0.39, 0.29) is 6.61 Å². The van der Waals surface area contributed by atoms with Gasteiger partial charge in [0.05, 0.1) is 11.8 Å². The smallest absolute Gasteiger partial charge is 0.391 e. The molecule has 0 saturated heterocycles. The topological polar surface area (TPSA) is 21.6 Å². The van der Waals surface area contributed by atoms with Gasteiger partial charge in [0.25, 0.3) is 0 Å². The first kappa shape index (κ1) is 17.7. The number of oxime groups is 1. The van der Waals surface area contributed by atoms with E-state index in [1.807, 2.05) is 54.6 Å². The van der Waals surface area contributed by atoms with Crippen molar-refractivity contribution >= 4 is 6.21 Å². The molecule has 0 saturated carbocycles. The van der Waals surface area contributed by atoms with Gasteiger partial charge < -0.3 is 4.84 Å². The lowest BCUT2D eigenvalue weighted by Gasteiger charge is -2.06. The summed E-state index contributed by atoms with van der Waals surface area (Å²) in [7, 11) is 0. The third-order valence-corrected chi connectivity index (χ3v) is 3.78. The van der Waals surface area contributed by atoms with Crippen LogP contribution >= 0.6 is 0 Å². The molecular weight excluding hydrogens is 339 g/mol. The fraction of sp³-hybridized carbons (Fsp3) is 0.0952. The number of benzene rings is 3. The SMILES string of the molecule is FC(F)(F)c1cccc(C=NOCc2ccc(-c3ccccc3)cc2)c1. The standard InChI is InChI=1S/C21H16F3NO/c22-21(23,24)20-8-4-5-17(13-20)14-25-26-15-16-9-11-19(12-10-16)18-6-2-1-3-7-18/h1-14H,15H2. The molecule has 5 heteroatoms. The van der Waals surface area contributed by atoms with Gasteiger partial charge in [0.15, 0.2) is 0 Å². The highest BCUT2D eigenvalue weighted by Crippen LogP contribution is 2.29. The first-order valence-electron chi connectivity index (χ1n) is 7.99. The van der Waals surface area contributed by atoms with E-state index in [2.05, 4.69) is 5.16 Å². The molecule has 0 heterocycles. The number of hydrogen-bond acceptors (Lipinski definition) is 2. The van der Waals surface area contributed by atoms with Gasteiger partial charge in [-0.05, 0) is 34.4 Å². The molecule has 0 fully saturated rings. The molecule has 0 aliphatic rings. The van der Waals surface area contributed by atoms with Crippen molar-refractivity contribution in [3.8, 4) is 11.1 Å². The van der Waals surface area contributed by atoms with Gasteiger partial charge in [-0.3, -0.25) is 0 Å². The number of hydrogen-bond donors (Lipinski definition) is 0. The van der Waals surface area contributed by atoms with Gasteiger partial charge in [0.1, 0.15) is 6.61 Å². The molecule has 0 aliphatic carbocycles. The zero-order valence-electron chi connectivity index (χ0n) is 13.8. The Kier molecular flexibility index (Phi) is 5.37. The molecule has 2 nitrogen and oxygen atoms in total. The Hall–Kier alpha value is -3.08. The molecule has 0 spiro atoms.